The van der Waals surface area contributed by atoms with Gasteiger partial charge in [0.1, 0.15) is 6.04 Å². The van der Waals surface area contributed by atoms with Crippen LogP contribution >= 0.6 is 35.0 Å². The summed E-state index contributed by atoms with van der Waals surface area (Å²) in [4.78, 5) is 27.2. The number of carbonyl (C=O) groups excluding carboxylic acids is 2. The van der Waals surface area contributed by atoms with Gasteiger partial charge in [0.2, 0.25) is 11.8 Å². The summed E-state index contributed by atoms with van der Waals surface area (Å²) < 4.78 is 0. The fourth-order valence-electron chi connectivity index (χ4n) is 2.95. The van der Waals surface area contributed by atoms with E-state index in [4.69, 9.17) is 23.2 Å². The first kappa shape index (κ1) is 24.6. The zero-order valence-corrected chi connectivity index (χ0v) is 19.9. The third-order valence-corrected chi connectivity index (χ3v) is 6.22. The van der Waals surface area contributed by atoms with Gasteiger partial charge in [-0.15, -0.1) is 11.8 Å². The molecular formula is C23H28Cl2N2O2S. The molecule has 4 nitrogen and oxygen atoms in total. The summed E-state index contributed by atoms with van der Waals surface area (Å²) in [7, 11) is 0. The maximum Gasteiger partial charge on any atom is 0.242 e. The third kappa shape index (κ3) is 7.53. The molecule has 0 heterocycles. The van der Waals surface area contributed by atoms with Gasteiger partial charge < -0.3 is 10.2 Å². The standard InChI is InChI=1S/C23H28Cl2N2O2S/c1-4-10-26-23(29)17(3)27(13-19-8-9-20(24)12-21(19)25)22(28)15-30-14-18-7-5-6-16(2)11-18/h5-9,11-12,17H,4,10,13-15H2,1-3H3,(H,26,29)/t17-/m1/s1. The molecule has 2 amide bonds. The van der Waals surface area contributed by atoms with Crippen molar-refractivity contribution < 1.29 is 9.59 Å². The number of nitrogens with one attached hydrogen (secondary N) is 1. The predicted octanol–water partition coefficient (Wildman–Crippen LogP) is 5.48. The average molecular weight is 467 g/mol. The maximum atomic E-state index is 13.1. The fraction of sp³-hybridized carbons (Fsp3) is 0.391. The summed E-state index contributed by atoms with van der Waals surface area (Å²) in [5, 5.41) is 3.88. The number of halogens is 2. The average Bonchev–Trinajstić information content (AvgIpc) is 2.71. The zero-order chi connectivity index (χ0) is 22.1. The number of nitrogens with zero attached hydrogens (tertiary/aromatic N) is 1. The molecule has 7 heteroatoms. The normalized spacial score (nSPS) is 11.8. The summed E-state index contributed by atoms with van der Waals surface area (Å²) in [5.41, 5.74) is 3.13. The minimum Gasteiger partial charge on any atom is -0.354 e. The van der Waals surface area contributed by atoms with Crippen LogP contribution in [0.3, 0.4) is 0 Å². The van der Waals surface area contributed by atoms with Crippen LogP contribution < -0.4 is 5.32 Å². The molecule has 0 aliphatic carbocycles. The first-order valence-corrected chi connectivity index (χ1v) is 11.9. The van der Waals surface area contributed by atoms with E-state index in [0.717, 1.165) is 17.7 Å². The zero-order valence-electron chi connectivity index (χ0n) is 17.6. The number of carbonyl (C=O) groups is 2. The predicted molar refractivity (Wildman–Crippen MR) is 127 cm³/mol. The van der Waals surface area contributed by atoms with Crippen molar-refractivity contribution in [2.45, 2.75) is 45.5 Å². The highest BCUT2D eigenvalue weighted by Gasteiger charge is 2.26. The van der Waals surface area contributed by atoms with E-state index in [1.165, 1.54) is 22.9 Å². The first-order valence-electron chi connectivity index (χ1n) is 9.96. The van der Waals surface area contributed by atoms with Crippen molar-refractivity contribution in [1.29, 1.82) is 0 Å². The number of rotatable bonds is 10. The highest BCUT2D eigenvalue weighted by molar-refractivity contribution is 7.99. The van der Waals surface area contributed by atoms with Crippen molar-refractivity contribution in [2.75, 3.05) is 12.3 Å². The van der Waals surface area contributed by atoms with Gasteiger partial charge in [0.05, 0.1) is 5.75 Å². The Balaban J connectivity index is 2.10. The maximum absolute atomic E-state index is 13.1. The van der Waals surface area contributed by atoms with Gasteiger partial charge in [0, 0.05) is 28.9 Å². The van der Waals surface area contributed by atoms with Crippen LogP contribution in [-0.2, 0) is 21.9 Å². The lowest BCUT2D eigenvalue weighted by Crippen LogP contribution is -2.48. The smallest absolute Gasteiger partial charge is 0.242 e. The van der Waals surface area contributed by atoms with Crippen LogP contribution in [-0.4, -0.2) is 35.1 Å². The lowest BCUT2D eigenvalue weighted by Gasteiger charge is -2.29. The molecule has 162 valence electrons. The second-order valence-corrected chi connectivity index (χ2v) is 9.04. The minimum absolute atomic E-state index is 0.0992. The molecule has 0 saturated carbocycles. The van der Waals surface area contributed by atoms with E-state index < -0.39 is 6.04 Å². The summed E-state index contributed by atoms with van der Waals surface area (Å²) >= 11 is 13.8. The Morgan fingerprint density at radius 2 is 1.93 bits per heavy atom. The number of hydrogen-bond acceptors (Lipinski definition) is 3. The second kappa shape index (κ2) is 12.2. The SMILES string of the molecule is CCCNC(=O)[C@@H](C)N(Cc1ccc(Cl)cc1Cl)C(=O)CSCc1cccc(C)c1. The molecule has 0 bridgehead atoms. The molecule has 0 unspecified atom stereocenters. The quantitative estimate of drug-likeness (QED) is 0.504. The molecule has 0 saturated heterocycles. The Kier molecular flexibility index (Phi) is 10.0. The molecule has 2 aromatic carbocycles. The Morgan fingerprint density at radius 1 is 1.17 bits per heavy atom. The van der Waals surface area contributed by atoms with Gasteiger partial charge in [0.25, 0.3) is 0 Å². The number of benzene rings is 2. The molecule has 2 aromatic rings. The number of thioether (sulfide) groups is 1. The van der Waals surface area contributed by atoms with Gasteiger partial charge in [0.15, 0.2) is 0 Å². The number of hydrogen-bond donors (Lipinski definition) is 1. The van der Waals surface area contributed by atoms with Crippen LogP contribution in [0.4, 0.5) is 0 Å². The molecule has 0 spiro atoms. The summed E-state index contributed by atoms with van der Waals surface area (Å²) in [6.45, 7) is 6.62. The van der Waals surface area contributed by atoms with Crippen LogP contribution in [0.5, 0.6) is 0 Å². The Morgan fingerprint density at radius 3 is 2.60 bits per heavy atom. The van der Waals surface area contributed by atoms with E-state index >= 15 is 0 Å². The van der Waals surface area contributed by atoms with Gasteiger partial charge in [-0.2, -0.15) is 0 Å². The Bertz CT molecular complexity index is 876. The van der Waals surface area contributed by atoms with Gasteiger partial charge in [-0.05, 0) is 43.5 Å². The van der Waals surface area contributed by atoms with Crippen molar-refractivity contribution in [2.24, 2.45) is 0 Å². The van der Waals surface area contributed by atoms with E-state index in [0.29, 0.717) is 16.6 Å². The van der Waals surface area contributed by atoms with Crippen molar-refractivity contribution in [3.05, 3.63) is 69.2 Å². The fourth-order valence-corrected chi connectivity index (χ4v) is 4.28. The van der Waals surface area contributed by atoms with Gasteiger partial charge in [-0.3, -0.25) is 9.59 Å². The number of amides is 2. The topological polar surface area (TPSA) is 49.4 Å². The largest absolute Gasteiger partial charge is 0.354 e. The lowest BCUT2D eigenvalue weighted by atomic mass is 10.1. The van der Waals surface area contributed by atoms with Gasteiger partial charge in [-0.1, -0.05) is 66.0 Å². The highest BCUT2D eigenvalue weighted by atomic mass is 35.5. The van der Waals surface area contributed by atoms with Crippen LogP contribution in [0.25, 0.3) is 0 Å². The Hall–Kier alpha value is -1.69. The van der Waals surface area contributed by atoms with Crippen LogP contribution in [0.15, 0.2) is 42.5 Å². The van der Waals surface area contributed by atoms with Gasteiger partial charge >= 0.3 is 0 Å². The van der Waals surface area contributed by atoms with Crippen LogP contribution in [0.2, 0.25) is 10.0 Å². The van der Waals surface area contributed by atoms with E-state index in [2.05, 4.69) is 17.4 Å². The van der Waals surface area contributed by atoms with E-state index in [1.54, 1.807) is 30.0 Å². The summed E-state index contributed by atoms with van der Waals surface area (Å²) in [6, 6.07) is 12.8. The van der Waals surface area contributed by atoms with Crippen molar-refractivity contribution in [3.63, 3.8) is 0 Å². The molecule has 0 fully saturated rings. The number of aryl methyl sites for hydroxylation is 1. The molecule has 1 N–H and O–H groups in total. The van der Waals surface area contributed by atoms with E-state index in [1.807, 2.05) is 26.0 Å². The van der Waals surface area contributed by atoms with E-state index in [-0.39, 0.29) is 24.1 Å². The van der Waals surface area contributed by atoms with Gasteiger partial charge in [-0.25, -0.2) is 0 Å². The second-order valence-electron chi connectivity index (χ2n) is 7.21. The van der Waals surface area contributed by atoms with Crippen molar-refractivity contribution in [3.8, 4) is 0 Å². The first-order chi connectivity index (χ1) is 14.3. The van der Waals surface area contributed by atoms with Crippen LogP contribution in [0, 0.1) is 6.92 Å². The lowest BCUT2D eigenvalue weighted by molar-refractivity contribution is -0.138. The molecule has 0 aliphatic rings. The molecule has 0 aliphatic heterocycles. The summed E-state index contributed by atoms with van der Waals surface area (Å²) in [5.74, 6) is 0.751. The third-order valence-electron chi connectivity index (χ3n) is 4.65. The monoisotopic (exact) mass is 466 g/mol. The Labute approximate surface area is 193 Å². The highest BCUT2D eigenvalue weighted by Crippen LogP contribution is 2.24. The summed E-state index contributed by atoms with van der Waals surface area (Å²) in [6.07, 6.45) is 0.835. The van der Waals surface area contributed by atoms with Crippen LogP contribution in [0.1, 0.15) is 37.0 Å². The molecule has 0 radical (unpaired) electrons. The molecule has 0 aromatic heterocycles. The van der Waals surface area contributed by atoms with E-state index in [9.17, 15) is 9.59 Å². The minimum atomic E-state index is -0.602. The molecular weight excluding hydrogens is 439 g/mol. The molecule has 1 atom stereocenters. The van der Waals surface area contributed by atoms with Crippen molar-refractivity contribution >= 4 is 46.8 Å². The van der Waals surface area contributed by atoms with Crippen molar-refractivity contribution in [1.82, 2.24) is 10.2 Å². The molecule has 30 heavy (non-hydrogen) atoms. The molecule has 2 rings (SSSR count).